The summed E-state index contributed by atoms with van der Waals surface area (Å²) in [5, 5.41) is 2.46. The standard InChI is InChI=1S/C23H18N4O5/c1-31-19(28)14-27-20(16-10-6-3-7-11-16)24-12-17(23(27)30)26-21(29)22-25-13-18(32-22)15-8-4-2-5-9-15/h2-13H,14H2,1H3,(H,26,29). The van der Waals surface area contributed by atoms with Crippen molar-refractivity contribution >= 4 is 17.6 Å². The Balaban J connectivity index is 1.65. The molecule has 2 aromatic heterocycles. The largest absolute Gasteiger partial charge is 0.468 e. The van der Waals surface area contributed by atoms with Crippen LogP contribution in [0.5, 0.6) is 0 Å². The second kappa shape index (κ2) is 9.09. The number of methoxy groups -OCH3 is 1. The summed E-state index contributed by atoms with van der Waals surface area (Å²) in [5.41, 5.74) is 0.644. The average molecular weight is 430 g/mol. The van der Waals surface area contributed by atoms with E-state index in [-0.39, 0.29) is 23.9 Å². The molecule has 0 unspecified atom stereocenters. The second-order valence-electron chi connectivity index (χ2n) is 6.68. The summed E-state index contributed by atoms with van der Waals surface area (Å²) >= 11 is 0. The molecule has 0 aliphatic carbocycles. The first-order valence-electron chi connectivity index (χ1n) is 9.61. The molecular weight excluding hydrogens is 412 g/mol. The fourth-order valence-electron chi connectivity index (χ4n) is 3.03. The van der Waals surface area contributed by atoms with Crippen molar-refractivity contribution in [2.75, 3.05) is 12.4 Å². The summed E-state index contributed by atoms with van der Waals surface area (Å²) in [6.07, 6.45) is 2.66. The number of anilines is 1. The van der Waals surface area contributed by atoms with Gasteiger partial charge in [-0.15, -0.1) is 0 Å². The molecule has 0 atom stereocenters. The van der Waals surface area contributed by atoms with E-state index in [4.69, 9.17) is 9.15 Å². The number of hydrogen-bond acceptors (Lipinski definition) is 7. The fourth-order valence-corrected chi connectivity index (χ4v) is 3.03. The Kier molecular flexibility index (Phi) is 5.89. The lowest BCUT2D eigenvalue weighted by atomic mass is 10.2. The normalized spacial score (nSPS) is 10.5. The predicted molar refractivity (Wildman–Crippen MR) is 116 cm³/mol. The van der Waals surface area contributed by atoms with Gasteiger partial charge in [0, 0.05) is 11.1 Å². The highest BCUT2D eigenvalue weighted by molar-refractivity contribution is 6.01. The third-order valence-corrected chi connectivity index (χ3v) is 4.60. The van der Waals surface area contributed by atoms with Crippen LogP contribution in [0.4, 0.5) is 5.69 Å². The lowest BCUT2D eigenvalue weighted by Crippen LogP contribution is -2.30. The molecule has 4 rings (SSSR count). The summed E-state index contributed by atoms with van der Waals surface area (Å²) in [5.74, 6) is -0.884. The van der Waals surface area contributed by atoms with Gasteiger partial charge >= 0.3 is 11.9 Å². The molecule has 0 spiro atoms. The first kappa shape index (κ1) is 20.7. The zero-order chi connectivity index (χ0) is 22.5. The molecule has 0 fully saturated rings. The van der Waals surface area contributed by atoms with Crippen LogP contribution < -0.4 is 10.9 Å². The molecule has 0 aliphatic rings. The van der Waals surface area contributed by atoms with E-state index in [1.807, 2.05) is 36.4 Å². The van der Waals surface area contributed by atoms with Crippen LogP contribution in [-0.4, -0.2) is 33.5 Å². The van der Waals surface area contributed by atoms with Gasteiger partial charge in [-0.2, -0.15) is 0 Å². The maximum absolute atomic E-state index is 13.1. The van der Waals surface area contributed by atoms with Crippen LogP contribution in [0.15, 0.2) is 82.3 Å². The number of ether oxygens (including phenoxy) is 1. The first-order chi connectivity index (χ1) is 15.6. The third-order valence-electron chi connectivity index (χ3n) is 4.60. The van der Waals surface area contributed by atoms with Crippen LogP contribution in [0.1, 0.15) is 10.7 Å². The van der Waals surface area contributed by atoms with Gasteiger partial charge in [-0.05, 0) is 0 Å². The van der Waals surface area contributed by atoms with Gasteiger partial charge in [-0.25, -0.2) is 9.97 Å². The van der Waals surface area contributed by atoms with Crippen LogP contribution in [0.2, 0.25) is 0 Å². The van der Waals surface area contributed by atoms with E-state index >= 15 is 0 Å². The van der Waals surface area contributed by atoms with Crippen molar-refractivity contribution in [2.24, 2.45) is 0 Å². The third kappa shape index (κ3) is 4.31. The molecule has 9 nitrogen and oxygen atoms in total. The van der Waals surface area contributed by atoms with Crippen molar-refractivity contribution in [3.8, 4) is 22.7 Å². The van der Waals surface area contributed by atoms with Gasteiger partial charge in [0.1, 0.15) is 18.1 Å². The Bertz CT molecular complexity index is 1310. The van der Waals surface area contributed by atoms with Crippen LogP contribution in [0, 0.1) is 0 Å². The lowest BCUT2D eigenvalue weighted by Gasteiger charge is -2.13. The average Bonchev–Trinajstić information content (AvgIpc) is 3.33. The molecule has 0 saturated heterocycles. The number of hydrogen-bond donors (Lipinski definition) is 1. The Morgan fingerprint density at radius 2 is 1.62 bits per heavy atom. The first-order valence-corrected chi connectivity index (χ1v) is 9.61. The highest BCUT2D eigenvalue weighted by atomic mass is 16.5. The molecule has 4 aromatic rings. The summed E-state index contributed by atoms with van der Waals surface area (Å²) in [7, 11) is 1.22. The minimum Gasteiger partial charge on any atom is -0.468 e. The van der Waals surface area contributed by atoms with Crippen molar-refractivity contribution in [1.82, 2.24) is 14.5 Å². The van der Waals surface area contributed by atoms with E-state index < -0.39 is 17.4 Å². The molecule has 1 amide bonds. The number of nitrogens with zero attached hydrogens (tertiary/aromatic N) is 3. The summed E-state index contributed by atoms with van der Waals surface area (Å²) in [6.45, 7) is -0.368. The molecular formula is C23H18N4O5. The van der Waals surface area contributed by atoms with Crippen LogP contribution in [0.3, 0.4) is 0 Å². The molecule has 2 heterocycles. The van der Waals surface area contributed by atoms with Gasteiger partial charge in [0.25, 0.3) is 11.4 Å². The maximum atomic E-state index is 13.1. The van der Waals surface area contributed by atoms with Gasteiger partial charge in [0.05, 0.1) is 19.5 Å². The van der Waals surface area contributed by atoms with Gasteiger partial charge in [0.15, 0.2) is 5.76 Å². The predicted octanol–water partition coefficient (Wildman–Crippen LogP) is 2.99. The van der Waals surface area contributed by atoms with E-state index in [0.29, 0.717) is 11.3 Å². The van der Waals surface area contributed by atoms with Gasteiger partial charge in [-0.1, -0.05) is 60.7 Å². The SMILES string of the molecule is COC(=O)Cn1c(-c2ccccc2)ncc(NC(=O)c2ncc(-c3ccccc3)o2)c1=O. The van der Waals surface area contributed by atoms with Crippen molar-refractivity contribution in [2.45, 2.75) is 6.54 Å². The Hall–Kier alpha value is -4.53. The number of aromatic nitrogens is 3. The van der Waals surface area contributed by atoms with E-state index in [9.17, 15) is 14.4 Å². The van der Waals surface area contributed by atoms with E-state index in [0.717, 1.165) is 10.1 Å². The molecule has 0 radical (unpaired) electrons. The molecule has 0 bridgehead atoms. The summed E-state index contributed by atoms with van der Waals surface area (Å²) in [6, 6.07) is 18.1. The lowest BCUT2D eigenvalue weighted by molar-refractivity contribution is -0.141. The molecule has 0 saturated carbocycles. The second-order valence-corrected chi connectivity index (χ2v) is 6.68. The number of oxazole rings is 1. The maximum Gasteiger partial charge on any atom is 0.325 e. The van der Waals surface area contributed by atoms with Crippen molar-refractivity contribution < 1.29 is 18.7 Å². The number of rotatable bonds is 6. The Morgan fingerprint density at radius 1 is 0.969 bits per heavy atom. The molecule has 160 valence electrons. The van der Waals surface area contributed by atoms with Crippen LogP contribution in [0.25, 0.3) is 22.7 Å². The molecule has 0 aliphatic heterocycles. The van der Waals surface area contributed by atoms with Gasteiger partial charge in [0.2, 0.25) is 0 Å². The molecule has 32 heavy (non-hydrogen) atoms. The van der Waals surface area contributed by atoms with Crippen molar-refractivity contribution in [3.63, 3.8) is 0 Å². The molecule has 2 aromatic carbocycles. The number of nitrogens with one attached hydrogen (secondary N) is 1. The number of carbonyl (C=O) groups is 2. The van der Waals surface area contributed by atoms with Gasteiger partial charge < -0.3 is 14.5 Å². The quantitative estimate of drug-likeness (QED) is 0.468. The van der Waals surface area contributed by atoms with Gasteiger partial charge in [-0.3, -0.25) is 19.0 Å². The van der Waals surface area contributed by atoms with Crippen LogP contribution >= 0.6 is 0 Å². The van der Waals surface area contributed by atoms with E-state index in [1.54, 1.807) is 24.3 Å². The minimum absolute atomic E-state index is 0.127. The summed E-state index contributed by atoms with van der Waals surface area (Å²) < 4.78 is 11.4. The monoisotopic (exact) mass is 430 g/mol. The minimum atomic E-state index is -0.719. The molecule has 9 heteroatoms. The Morgan fingerprint density at radius 3 is 2.28 bits per heavy atom. The highest BCUT2D eigenvalue weighted by Crippen LogP contribution is 2.20. The van der Waals surface area contributed by atoms with Crippen molar-refractivity contribution in [3.05, 3.63) is 89.3 Å². The zero-order valence-corrected chi connectivity index (χ0v) is 17.0. The number of carbonyl (C=O) groups excluding carboxylic acids is 2. The zero-order valence-electron chi connectivity index (χ0n) is 17.0. The number of esters is 1. The van der Waals surface area contributed by atoms with E-state index in [2.05, 4.69) is 15.3 Å². The fraction of sp³-hybridized carbons (Fsp3) is 0.0870. The smallest absolute Gasteiger partial charge is 0.325 e. The topological polar surface area (TPSA) is 116 Å². The molecule has 1 N–H and O–H groups in total. The Labute approximate surface area is 182 Å². The van der Waals surface area contributed by atoms with E-state index in [1.165, 1.54) is 19.5 Å². The highest BCUT2D eigenvalue weighted by Gasteiger charge is 2.19. The number of amides is 1. The number of benzene rings is 2. The van der Waals surface area contributed by atoms with Crippen molar-refractivity contribution in [1.29, 1.82) is 0 Å². The summed E-state index contributed by atoms with van der Waals surface area (Å²) in [4.78, 5) is 45.8. The van der Waals surface area contributed by atoms with Crippen LogP contribution in [-0.2, 0) is 16.1 Å².